The fourth-order valence-electron chi connectivity index (χ4n) is 7.43. The number of hydrogen-bond donors (Lipinski definition) is 2. The van der Waals surface area contributed by atoms with E-state index in [1.807, 2.05) is 36.4 Å². The minimum absolute atomic E-state index is 0.0473. The SMILES string of the molecule is COc1c(OCC2CCCN(c3ccc(-c4cc(=O)c5ccc(O)c(O)c5o4)cc3)C2)ccc2c(=O)cc(-c3ccc(N4CCCCC4)cc3)oc12. The molecule has 1 unspecified atom stereocenters. The summed E-state index contributed by atoms with van der Waals surface area (Å²) < 4.78 is 24.4. The second-order valence-corrected chi connectivity index (χ2v) is 13.6. The van der Waals surface area contributed by atoms with Gasteiger partial charge in [0.1, 0.15) is 11.5 Å². The van der Waals surface area contributed by atoms with Gasteiger partial charge in [0.2, 0.25) is 11.5 Å². The normalized spacial score (nSPS) is 16.4. The fourth-order valence-corrected chi connectivity index (χ4v) is 7.43. The van der Waals surface area contributed by atoms with E-state index in [1.165, 1.54) is 49.2 Å². The Bertz CT molecular complexity index is 2360. The first-order valence-corrected chi connectivity index (χ1v) is 17.8. The van der Waals surface area contributed by atoms with E-state index in [9.17, 15) is 19.8 Å². The molecule has 2 aromatic heterocycles. The zero-order chi connectivity index (χ0) is 35.8. The number of ether oxygens (including phenoxy) is 2. The minimum atomic E-state index is -0.459. The molecule has 2 aliphatic heterocycles. The van der Waals surface area contributed by atoms with Gasteiger partial charge in [0, 0.05) is 66.7 Å². The van der Waals surface area contributed by atoms with Crippen LogP contribution in [0.4, 0.5) is 11.4 Å². The minimum Gasteiger partial charge on any atom is -0.504 e. The lowest BCUT2D eigenvalue weighted by Crippen LogP contribution is -2.37. The van der Waals surface area contributed by atoms with Crippen molar-refractivity contribution >= 4 is 33.3 Å². The molecule has 0 saturated carbocycles. The summed E-state index contributed by atoms with van der Waals surface area (Å²) in [5.41, 5.74) is 3.57. The summed E-state index contributed by atoms with van der Waals surface area (Å²) in [4.78, 5) is 30.6. The van der Waals surface area contributed by atoms with Crippen molar-refractivity contribution in [3.63, 3.8) is 0 Å². The molecule has 0 amide bonds. The molecule has 0 aliphatic carbocycles. The van der Waals surface area contributed by atoms with Gasteiger partial charge in [-0.15, -0.1) is 0 Å². The molecule has 4 aromatic carbocycles. The number of phenols is 2. The van der Waals surface area contributed by atoms with Crippen LogP contribution in [0.5, 0.6) is 23.0 Å². The maximum atomic E-state index is 13.2. The van der Waals surface area contributed by atoms with Gasteiger partial charge in [-0.05, 0) is 105 Å². The predicted octanol–water partition coefficient (Wildman–Crippen LogP) is 7.94. The lowest BCUT2D eigenvalue weighted by atomic mass is 9.98. The van der Waals surface area contributed by atoms with E-state index >= 15 is 0 Å². The standard InChI is InChI=1S/C42H40N2O8/c1-49-42-36(18-16-32-35(47)23-38(52-41(32)42)28-7-11-29(12-8-28)43-19-3-2-4-20-43)50-25-26-6-5-21-44(24-26)30-13-9-27(10-14-30)37-22-34(46)31-15-17-33(45)39(48)40(31)51-37/h7-18,22-23,26,45,48H,2-6,19-21,24-25H2,1H3. The van der Waals surface area contributed by atoms with Crippen molar-refractivity contribution in [1.82, 2.24) is 0 Å². The van der Waals surface area contributed by atoms with Crippen molar-refractivity contribution in [2.75, 3.05) is 49.7 Å². The average Bonchev–Trinajstić information content (AvgIpc) is 3.19. The Labute approximate surface area is 300 Å². The van der Waals surface area contributed by atoms with Crippen molar-refractivity contribution in [2.24, 2.45) is 5.92 Å². The Morgan fingerprint density at radius 3 is 1.92 bits per heavy atom. The van der Waals surface area contributed by atoms with Crippen LogP contribution in [0.15, 0.2) is 103 Å². The molecule has 8 rings (SSSR count). The maximum Gasteiger partial charge on any atom is 0.204 e. The number of methoxy groups -OCH3 is 1. The summed E-state index contributed by atoms with van der Waals surface area (Å²) in [7, 11) is 1.56. The van der Waals surface area contributed by atoms with Crippen LogP contribution in [0.3, 0.4) is 0 Å². The zero-order valence-corrected chi connectivity index (χ0v) is 29.0. The Morgan fingerprint density at radius 1 is 0.692 bits per heavy atom. The smallest absolute Gasteiger partial charge is 0.204 e. The molecule has 4 heterocycles. The average molecular weight is 701 g/mol. The molecule has 10 nitrogen and oxygen atoms in total. The molecule has 2 saturated heterocycles. The number of aromatic hydroxyl groups is 2. The molecule has 2 N–H and O–H groups in total. The molecule has 6 aromatic rings. The van der Waals surface area contributed by atoms with Gasteiger partial charge < -0.3 is 38.3 Å². The van der Waals surface area contributed by atoms with Crippen LogP contribution >= 0.6 is 0 Å². The van der Waals surface area contributed by atoms with Gasteiger partial charge in [-0.25, -0.2) is 0 Å². The monoisotopic (exact) mass is 700 g/mol. The maximum absolute atomic E-state index is 13.2. The lowest BCUT2D eigenvalue weighted by Gasteiger charge is -2.34. The third kappa shape index (κ3) is 6.40. The number of hydrogen-bond acceptors (Lipinski definition) is 10. The molecule has 0 radical (unpaired) electrons. The quantitative estimate of drug-likeness (QED) is 0.151. The van der Waals surface area contributed by atoms with Crippen LogP contribution in [0, 0.1) is 5.92 Å². The van der Waals surface area contributed by atoms with Crippen LogP contribution in [0.25, 0.3) is 44.6 Å². The Morgan fingerprint density at radius 2 is 1.27 bits per heavy atom. The molecule has 1 atom stereocenters. The van der Waals surface area contributed by atoms with Crippen LogP contribution < -0.4 is 30.1 Å². The highest BCUT2D eigenvalue weighted by Crippen LogP contribution is 2.38. The molecule has 266 valence electrons. The van der Waals surface area contributed by atoms with Gasteiger partial charge in [0.05, 0.1) is 24.5 Å². The number of benzene rings is 4. The number of nitrogens with zero attached hydrogens (tertiary/aromatic N) is 2. The first-order valence-electron chi connectivity index (χ1n) is 17.8. The predicted molar refractivity (Wildman–Crippen MR) is 202 cm³/mol. The van der Waals surface area contributed by atoms with Gasteiger partial charge in [0.15, 0.2) is 33.5 Å². The largest absolute Gasteiger partial charge is 0.504 e. The van der Waals surface area contributed by atoms with E-state index < -0.39 is 5.75 Å². The molecule has 2 aliphatic rings. The second kappa shape index (κ2) is 14.0. The van der Waals surface area contributed by atoms with Crippen molar-refractivity contribution < 1.29 is 28.5 Å². The van der Waals surface area contributed by atoms with E-state index in [0.717, 1.165) is 50.3 Å². The van der Waals surface area contributed by atoms with Crippen LogP contribution in [0.2, 0.25) is 0 Å². The van der Waals surface area contributed by atoms with E-state index in [2.05, 4.69) is 21.9 Å². The summed E-state index contributed by atoms with van der Waals surface area (Å²) >= 11 is 0. The Kier molecular flexibility index (Phi) is 8.97. The number of piperidine rings is 2. The first-order chi connectivity index (χ1) is 25.4. The third-order valence-electron chi connectivity index (χ3n) is 10.3. The molecule has 0 bridgehead atoms. The summed E-state index contributed by atoms with van der Waals surface area (Å²) in [5.74, 6) is 1.12. The highest BCUT2D eigenvalue weighted by molar-refractivity contribution is 5.87. The zero-order valence-electron chi connectivity index (χ0n) is 29.0. The fraction of sp³-hybridized carbons (Fsp3) is 0.286. The van der Waals surface area contributed by atoms with Gasteiger partial charge >= 0.3 is 0 Å². The highest BCUT2D eigenvalue weighted by atomic mass is 16.5. The van der Waals surface area contributed by atoms with E-state index in [-0.39, 0.29) is 33.5 Å². The second-order valence-electron chi connectivity index (χ2n) is 13.6. The van der Waals surface area contributed by atoms with Crippen LogP contribution in [-0.2, 0) is 0 Å². The molecule has 10 heteroatoms. The van der Waals surface area contributed by atoms with Crippen molar-refractivity contribution in [2.45, 2.75) is 32.1 Å². The summed E-state index contributed by atoms with van der Waals surface area (Å²) in [6.07, 6.45) is 5.67. The summed E-state index contributed by atoms with van der Waals surface area (Å²) in [6, 6.07) is 25.0. The van der Waals surface area contributed by atoms with E-state index in [1.54, 1.807) is 19.2 Å². The lowest BCUT2D eigenvalue weighted by molar-refractivity contribution is 0.220. The molecular formula is C42H40N2O8. The van der Waals surface area contributed by atoms with E-state index in [0.29, 0.717) is 46.2 Å². The summed E-state index contributed by atoms with van der Waals surface area (Å²) in [5, 5.41) is 20.8. The number of phenolic OH excluding ortho intramolecular Hbond substituents is 2. The molecule has 52 heavy (non-hydrogen) atoms. The van der Waals surface area contributed by atoms with Crippen molar-refractivity contribution in [3.8, 4) is 45.6 Å². The van der Waals surface area contributed by atoms with Gasteiger partial charge in [-0.3, -0.25) is 9.59 Å². The number of rotatable bonds is 8. The third-order valence-corrected chi connectivity index (χ3v) is 10.3. The topological polar surface area (TPSA) is 126 Å². The molecular weight excluding hydrogens is 660 g/mol. The molecule has 2 fully saturated rings. The Balaban J connectivity index is 0.971. The van der Waals surface area contributed by atoms with Crippen LogP contribution in [-0.4, -0.2) is 50.1 Å². The number of fused-ring (bicyclic) bond motifs is 2. The van der Waals surface area contributed by atoms with Crippen molar-refractivity contribution in [1.29, 1.82) is 0 Å². The highest BCUT2D eigenvalue weighted by Gasteiger charge is 2.23. The van der Waals surface area contributed by atoms with Crippen LogP contribution in [0.1, 0.15) is 32.1 Å². The summed E-state index contributed by atoms with van der Waals surface area (Å²) in [6.45, 7) is 4.25. The van der Waals surface area contributed by atoms with Gasteiger partial charge in [-0.2, -0.15) is 0 Å². The van der Waals surface area contributed by atoms with Gasteiger partial charge in [0.25, 0.3) is 0 Å². The Hall–Kier alpha value is -5.90. The van der Waals surface area contributed by atoms with E-state index in [4.69, 9.17) is 18.3 Å². The van der Waals surface area contributed by atoms with Crippen molar-refractivity contribution in [3.05, 3.63) is 105 Å². The van der Waals surface area contributed by atoms with Gasteiger partial charge in [-0.1, -0.05) is 0 Å². The molecule has 0 spiro atoms. The number of anilines is 2. The first kappa shape index (κ1) is 33.3.